The van der Waals surface area contributed by atoms with Gasteiger partial charge in [0.1, 0.15) is 5.75 Å². The van der Waals surface area contributed by atoms with Crippen molar-refractivity contribution in [3.63, 3.8) is 0 Å². The Morgan fingerprint density at radius 1 is 1.07 bits per heavy atom. The van der Waals surface area contributed by atoms with Gasteiger partial charge in [-0.2, -0.15) is 4.98 Å². The molecule has 3 rings (SSSR count). The van der Waals surface area contributed by atoms with E-state index in [0.29, 0.717) is 17.6 Å². The monoisotopic (exact) mass is 393 g/mol. The van der Waals surface area contributed by atoms with Crippen molar-refractivity contribution in [1.82, 2.24) is 15.5 Å². The number of hydrogen-bond donors (Lipinski definition) is 1. The van der Waals surface area contributed by atoms with Crippen LogP contribution >= 0.6 is 0 Å². The fourth-order valence-corrected chi connectivity index (χ4v) is 2.92. The molecule has 1 N–H and O–H groups in total. The molecule has 0 radical (unpaired) electrons. The number of hydrogen-bond acceptors (Lipinski definition) is 5. The summed E-state index contributed by atoms with van der Waals surface area (Å²) < 4.78 is 11.2. The third-order valence-electron chi connectivity index (χ3n) is 4.66. The van der Waals surface area contributed by atoms with Crippen LogP contribution in [0.1, 0.15) is 49.3 Å². The predicted octanol–water partition coefficient (Wildman–Crippen LogP) is 4.56. The van der Waals surface area contributed by atoms with Crippen molar-refractivity contribution in [2.24, 2.45) is 0 Å². The van der Waals surface area contributed by atoms with Crippen molar-refractivity contribution < 1.29 is 14.1 Å². The highest BCUT2D eigenvalue weighted by atomic mass is 16.5. The van der Waals surface area contributed by atoms with E-state index in [1.165, 1.54) is 0 Å². The maximum absolute atomic E-state index is 12.5. The fraction of sp³-hybridized carbons (Fsp3) is 0.348. The number of carbonyl (C=O) groups is 1. The van der Waals surface area contributed by atoms with Gasteiger partial charge in [0.05, 0.1) is 6.54 Å². The van der Waals surface area contributed by atoms with Gasteiger partial charge in [0, 0.05) is 5.56 Å². The maximum atomic E-state index is 12.5. The largest absolute Gasteiger partial charge is 0.481 e. The van der Waals surface area contributed by atoms with Gasteiger partial charge < -0.3 is 14.6 Å². The summed E-state index contributed by atoms with van der Waals surface area (Å²) in [5.41, 5.74) is 4.20. The quantitative estimate of drug-likeness (QED) is 0.637. The first-order valence-corrected chi connectivity index (χ1v) is 9.78. The highest BCUT2D eigenvalue weighted by Gasteiger charge is 2.18. The van der Waals surface area contributed by atoms with Gasteiger partial charge in [0.2, 0.25) is 11.7 Å². The van der Waals surface area contributed by atoms with Gasteiger partial charge in [-0.25, -0.2) is 0 Å². The Kier molecular flexibility index (Phi) is 6.32. The zero-order valence-corrected chi connectivity index (χ0v) is 17.5. The van der Waals surface area contributed by atoms with E-state index in [1.807, 2.05) is 56.3 Å². The van der Waals surface area contributed by atoms with Crippen LogP contribution in [0.2, 0.25) is 0 Å². The van der Waals surface area contributed by atoms with Crippen LogP contribution in [0.5, 0.6) is 5.75 Å². The summed E-state index contributed by atoms with van der Waals surface area (Å²) in [6.07, 6.45) is -0.645. The van der Waals surface area contributed by atoms with E-state index in [2.05, 4.69) is 29.3 Å². The second-order valence-corrected chi connectivity index (χ2v) is 7.55. The molecule has 0 aliphatic carbocycles. The Balaban J connectivity index is 1.60. The summed E-state index contributed by atoms with van der Waals surface area (Å²) in [6.45, 7) is 10.1. The van der Waals surface area contributed by atoms with Crippen molar-refractivity contribution in [3.8, 4) is 17.1 Å². The normalized spacial score (nSPS) is 12.1. The number of benzene rings is 2. The van der Waals surface area contributed by atoms with E-state index >= 15 is 0 Å². The number of carbonyl (C=O) groups excluding carboxylic acids is 1. The van der Waals surface area contributed by atoms with E-state index in [0.717, 1.165) is 28.0 Å². The zero-order valence-electron chi connectivity index (χ0n) is 17.5. The van der Waals surface area contributed by atoms with Crippen LogP contribution in [0.4, 0.5) is 0 Å². The number of nitrogens with one attached hydrogen (secondary N) is 1. The van der Waals surface area contributed by atoms with Crippen molar-refractivity contribution in [2.45, 2.75) is 53.2 Å². The van der Waals surface area contributed by atoms with Gasteiger partial charge in [-0.05, 0) is 43.9 Å². The smallest absolute Gasteiger partial charge is 0.261 e. The van der Waals surface area contributed by atoms with Crippen LogP contribution in [0.15, 0.2) is 47.0 Å². The van der Waals surface area contributed by atoms with Crippen molar-refractivity contribution in [1.29, 1.82) is 0 Å². The Labute approximate surface area is 171 Å². The molecule has 6 nitrogen and oxygen atoms in total. The Morgan fingerprint density at radius 3 is 2.45 bits per heavy atom. The third kappa shape index (κ3) is 5.22. The summed E-state index contributed by atoms with van der Waals surface area (Å²) in [6, 6.07) is 13.9. The lowest BCUT2D eigenvalue weighted by Crippen LogP contribution is -2.36. The third-order valence-corrected chi connectivity index (χ3v) is 4.66. The molecule has 1 atom stereocenters. The SMILES string of the molecule is Cc1ccc(-c2noc(CNC(=O)[C@@H](C)Oc3cc(C)ccc3C(C)C)n2)cc1. The maximum Gasteiger partial charge on any atom is 0.261 e. The molecular formula is C23H27N3O3. The zero-order chi connectivity index (χ0) is 21.0. The molecule has 0 unspecified atom stereocenters. The van der Waals surface area contributed by atoms with Gasteiger partial charge in [-0.15, -0.1) is 0 Å². The number of rotatable bonds is 7. The molecule has 0 saturated carbocycles. The van der Waals surface area contributed by atoms with Crippen LogP contribution in [-0.4, -0.2) is 22.2 Å². The predicted molar refractivity (Wildman–Crippen MR) is 112 cm³/mol. The van der Waals surface area contributed by atoms with Gasteiger partial charge in [0.25, 0.3) is 5.91 Å². The number of nitrogens with zero attached hydrogens (tertiary/aromatic N) is 2. The molecule has 1 amide bonds. The average molecular weight is 393 g/mol. The van der Waals surface area contributed by atoms with E-state index < -0.39 is 6.10 Å². The Morgan fingerprint density at radius 2 is 1.76 bits per heavy atom. The summed E-state index contributed by atoms with van der Waals surface area (Å²) in [5, 5.41) is 6.77. The van der Waals surface area contributed by atoms with E-state index in [4.69, 9.17) is 9.26 Å². The van der Waals surface area contributed by atoms with Crippen LogP contribution < -0.4 is 10.1 Å². The van der Waals surface area contributed by atoms with Crippen LogP contribution in [-0.2, 0) is 11.3 Å². The standard InChI is InChI=1S/C23H27N3O3/c1-14(2)19-11-8-16(4)12-20(19)28-17(5)23(27)24-13-21-25-22(26-29-21)18-9-6-15(3)7-10-18/h6-12,14,17H,13H2,1-5H3,(H,24,27)/t17-/m1/s1. The number of ether oxygens (including phenoxy) is 1. The van der Waals surface area contributed by atoms with Crippen molar-refractivity contribution >= 4 is 5.91 Å². The fourth-order valence-electron chi connectivity index (χ4n) is 2.92. The van der Waals surface area contributed by atoms with E-state index in [1.54, 1.807) is 6.92 Å². The molecule has 1 heterocycles. The van der Waals surface area contributed by atoms with Gasteiger partial charge in [-0.3, -0.25) is 4.79 Å². The molecule has 0 aliphatic heterocycles. The van der Waals surface area contributed by atoms with E-state index in [9.17, 15) is 4.79 Å². The molecule has 0 saturated heterocycles. The number of aromatic nitrogens is 2. The number of aryl methyl sites for hydroxylation is 2. The highest BCUT2D eigenvalue weighted by Crippen LogP contribution is 2.28. The molecule has 29 heavy (non-hydrogen) atoms. The van der Waals surface area contributed by atoms with Crippen molar-refractivity contribution in [2.75, 3.05) is 0 Å². The summed E-state index contributed by atoms with van der Waals surface area (Å²) in [7, 11) is 0. The average Bonchev–Trinajstić information content (AvgIpc) is 3.15. The molecule has 6 heteroatoms. The lowest BCUT2D eigenvalue weighted by molar-refractivity contribution is -0.127. The van der Waals surface area contributed by atoms with Gasteiger partial charge >= 0.3 is 0 Å². The highest BCUT2D eigenvalue weighted by molar-refractivity contribution is 5.80. The van der Waals surface area contributed by atoms with Gasteiger partial charge in [-0.1, -0.05) is 61.0 Å². The minimum atomic E-state index is -0.645. The summed E-state index contributed by atoms with van der Waals surface area (Å²) >= 11 is 0. The van der Waals surface area contributed by atoms with E-state index in [-0.39, 0.29) is 12.5 Å². The topological polar surface area (TPSA) is 77.2 Å². The summed E-state index contributed by atoms with van der Waals surface area (Å²) in [5.74, 6) is 1.65. The minimum absolute atomic E-state index is 0.149. The molecule has 3 aromatic rings. The number of amides is 1. The molecule has 0 aliphatic rings. The molecule has 0 spiro atoms. The van der Waals surface area contributed by atoms with Gasteiger partial charge in [0.15, 0.2) is 6.10 Å². The lowest BCUT2D eigenvalue weighted by atomic mass is 10.0. The molecular weight excluding hydrogens is 366 g/mol. The molecule has 1 aromatic heterocycles. The van der Waals surface area contributed by atoms with Crippen LogP contribution in [0.25, 0.3) is 11.4 Å². The molecule has 152 valence electrons. The van der Waals surface area contributed by atoms with Crippen LogP contribution in [0, 0.1) is 13.8 Å². The second-order valence-electron chi connectivity index (χ2n) is 7.55. The molecule has 0 fully saturated rings. The Bertz CT molecular complexity index is 977. The van der Waals surface area contributed by atoms with Crippen LogP contribution in [0.3, 0.4) is 0 Å². The first-order valence-electron chi connectivity index (χ1n) is 9.78. The Hall–Kier alpha value is -3.15. The second kappa shape index (κ2) is 8.90. The van der Waals surface area contributed by atoms with Crippen molar-refractivity contribution in [3.05, 3.63) is 65.0 Å². The molecule has 2 aromatic carbocycles. The first kappa shape index (κ1) is 20.6. The minimum Gasteiger partial charge on any atom is -0.481 e. The first-order chi connectivity index (χ1) is 13.8. The molecule has 0 bridgehead atoms. The summed E-state index contributed by atoms with van der Waals surface area (Å²) in [4.78, 5) is 16.8. The lowest BCUT2D eigenvalue weighted by Gasteiger charge is -2.19.